The maximum absolute atomic E-state index is 12.1. The van der Waals surface area contributed by atoms with Crippen LogP contribution in [0.15, 0.2) is 48.5 Å². The van der Waals surface area contributed by atoms with Crippen molar-refractivity contribution >= 4 is 17.6 Å². The zero-order valence-electron chi connectivity index (χ0n) is 14.3. The molecule has 0 aliphatic carbocycles. The highest BCUT2D eigenvalue weighted by molar-refractivity contribution is 5.92. The van der Waals surface area contributed by atoms with Crippen molar-refractivity contribution in [2.75, 3.05) is 11.9 Å². The van der Waals surface area contributed by atoms with Crippen LogP contribution in [-0.4, -0.2) is 23.6 Å². The van der Waals surface area contributed by atoms with E-state index in [9.17, 15) is 9.59 Å². The van der Waals surface area contributed by atoms with Crippen molar-refractivity contribution in [3.63, 3.8) is 0 Å². The Balaban J connectivity index is 1.79. The second kappa shape index (κ2) is 9.47. The molecule has 0 saturated carbocycles. The molecule has 132 valence electrons. The van der Waals surface area contributed by atoms with E-state index in [1.165, 1.54) is 5.56 Å². The quantitative estimate of drug-likeness (QED) is 0.682. The van der Waals surface area contributed by atoms with Crippen LogP contribution in [0.3, 0.4) is 0 Å². The van der Waals surface area contributed by atoms with Gasteiger partial charge in [-0.05, 0) is 48.2 Å². The molecule has 0 bridgehead atoms. The van der Waals surface area contributed by atoms with E-state index in [4.69, 9.17) is 9.84 Å². The molecule has 1 amide bonds. The second-order valence-electron chi connectivity index (χ2n) is 5.77. The van der Waals surface area contributed by atoms with Gasteiger partial charge in [-0.15, -0.1) is 0 Å². The summed E-state index contributed by atoms with van der Waals surface area (Å²) in [5, 5.41) is 11.4. The van der Waals surface area contributed by atoms with Gasteiger partial charge in [0.25, 0.3) is 0 Å². The third-order valence-electron chi connectivity index (χ3n) is 3.74. The minimum absolute atomic E-state index is 0.0700. The molecule has 2 aromatic rings. The van der Waals surface area contributed by atoms with Crippen LogP contribution in [0.2, 0.25) is 0 Å². The molecule has 2 rings (SSSR count). The van der Waals surface area contributed by atoms with Crippen LogP contribution in [-0.2, 0) is 22.4 Å². The third kappa shape index (κ3) is 6.67. The fourth-order valence-corrected chi connectivity index (χ4v) is 2.33. The highest BCUT2D eigenvalue weighted by Gasteiger charge is 2.05. The lowest BCUT2D eigenvalue weighted by Gasteiger charge is -2.08. The highest BCUT2D eigenvalue weighted by Crippen LogP contribution is 2.16. The summed E-state index contributed by atoms with van der Waals surface area (Å²) in [6, 6.07) is 15.1. The van der Waals surface area contributed by atoms with Gasteiger partial charge < -0.3 is 15.2 Å². The van der Waals surface area contributed by atoms with Crippen molar-refractivity contribution in [2.45, 2.75) is 32.6 Å². The molecule has 0 aliphatic heterocycles. The average molecular weight is 341 g/mol. The van der Waals surface area contributed by atoms with Crippen LogP contribution in [0.1, 0.15) is 30.9 Å². The zero-order chi connectivity index (χ0) is 18.1. The van der Waals surface area contributed by atoms with Crippen LogP contribution in [0, 0.1) is 0 Å². The Morgan fingerprint density at radius 1 is 1.00 bits per heavy atom. The summed E-state index contributed by atoms with van der Waals surface area (Å²) in [6.07, 6.45) is 1.87. The van der Waals surface area contributed by atoms with Crippen molar-refractivity contribution in [2.24, 2.45) is 0 Å². The molecule has 2 N–H and O–H groups in total. The largest absolute Gasteiger partial charge is 0.494 e. The van der Waals surface area contributed by atoms with Crippen molar-refractivity contribution in [3.8, 4) is 5.75 Å². The number of anilines is 1. The summed E-state index contributed by atoms with van der Waals surface area (Å²) in [6.45, 7) is 2.45. The number of rotatable bonds is 9. The van der Waals surface area contributed by atoms with Gasteiger partial charge in [-0.3, -0.25) is 9.59 Å². The predicted octanol–water partition coefficient (Wildman–Crippen LogP) is 3.67. The van der Waals surface area contributed by atoms with Crippen LogP contribution < -0.4 is 10.1 Å². The molecule has 0 spiro atoms. The minimum Gasteiger partial charge on any atom is -0.494 e. The molecule has 25 heavy (non-hydrogen) atoms. The summed E-state index contributed by atoms with van der Waals surface area (Å²) in [5.41, 5.74) is 2.93. The molecule has 2 aromatic carbocycles. The molecular formula is C20H23NO4. The molecule has 0 saturated heterocycles. The molecule has 0 atom stereocenters. The molecule has 0 aromatic heterocycles. The first-order valence-electron chi connectivity index (χ1n) is 8.39. The monoisotopic (exact) mass is 341 g/mol. The van der Waals surface area contributed by atoms with E-state index in [2.05, 4.69) is 12.2 Å². The number of hydrogen-bond donors (Lipinski definition) is 2. The predicted molar refractivity (Wildman–Crippen MR) is 97.0 cm³/mol. The first-order chi connectivity index (χ1) is 12.1. The number of nitrogens with one attached hydrogen (secondary N) is 1. The number of ether oxygens (including phenoxy) is 1. The third-order valence-corrected chi connectivity index (χ3v) is 3.74. The number of aryl methyl sites for hydroxylation is 1. The van der Waals surface area contributed by atoms with E-state index in [0.29, 0.717) is 30.9 Å². The Morgan fingerprint density at radius 2 is 1.64 bits per heavy atom. The second-order valence-corrected chi connectivity index (χ2v) is 5.77. The maximum Gasteiger partial charge on any atom is 0.303 e. The van der Waals surface area contributed by atoms with Crippen molar-refractivity contribution in [3.05, 3.63) is 59.7 Å². The van der Waals surface area contributed by atoms with Gasteiger partial charge in [0.2, 0.25) is 5.91 Å². The van der Waals surface area contributed by atoms with E-state index in [0.717, 1.165) is 12.0 Å². The van der Waals surface area contributed by atoms with Crippen LogP contribution in [0.25, 0.3) is 0 Å². The van der Waals surface area contributed by atoms with E-state index < -0.39 is 5.97 Å². The Labute approximate surface area is 147 Å². The van der Waals surface area contributed by atoms with Gasteiger partial charge in [-0.25, -0.2) is 0 Å². The first kappa shape index (κ1) is 18.5. The summed E-state index contributed by atoms with van der Waals surface area (Å²) in [4.78, 5) is 22.5. The molecular weight excluding hydrogens is 318 g/mol. The normalized spacial score (nSPS) is 10.3. The summed E-state index contributed by atoms with van der Waals surface area (Å²) < 4.78 is 5.46. The minimum atomic E-state index is -0.828. The number of carboxylic acid groups (broad SMARTS) is 1. The van der Waals surface area contributed by atoms with Gasteiger partial charge in [0.1, 0.15) is 5.75 Å². The van der Waals surface area contributed by atoms with E-state index in [1.807, 2.05) is 24.3 Å². The average Bonchev–Trinajstić information content (AvgIpc) is 2.60. The van der Waals surface area contributed by atoms with Crippen LogP contribution >= 0.6 is 0 Å². The zero-order valence-corrected chi connectivity index (χ0v) is 14.3. The Hall–Kier alpha value is -2.82. The van der Waals surface area contributed by atoms with Crippen LogP contribution in [0.4, 0.5) is 5.69 Å². The highest BCUT2D eigenvalue weighted by atomic mass is 16.5. The van der Waals surface area contributed by atoms with E-state index >= 15 is 0 Å². The first-order valence-corrected chi connectivity index (χ1v) is 8.39. The number of benzene rings is 2. The van der Waals surface area contributed by atoms with Gasteiger partial charge in [-0.2, -0.15) is 0 Å². The number of carboxylic acids is 1. The van der Waals surface area contributed by atoms with Gasteiger partial charge in [0, 0.05) is 12.1 Å². The SMILES string of the molecule is CCc1ccc(CC(=O)Nc2ccc(OCCCC(=O)O)cc2)cc1. The standard InChI is InChI=1S/C20H23NO4/c1-2-15-5-7-16(8-6-15)14-19(22)21-17-9-11-18(12-10-17)25-13-3-4-20(23)24/h5-12H,2-4,13-14H2,1H3,(H,21,22)(H,23,24). The van der Waals surface area contributed by atoms with Crippen molar-refractivity contribution in [1.29, 1.82) is 0 Å². The van der Waals surface area contributed by atoms with E-state index in [-0.39, 0.29) is 12.3 Å². The van der Waals surface area contributed by atoms with Crippen molar-refractivity contribution in [1.82, 2.24) is 0 Å². The molecule has 5 nitrogen and oxygen atoms in total. The molecule has 5 heteroatoms. The maximum atomic E-state index is 12.1. The number of aliphatic carboxylic acids is 1. The summed E-state index contributed by atoms with van der Waals surface area (Å²) in [5.74, 6) is -0.246. The Morgan fingerprint density at radius 3 is 2.24 bits per heavy atom. The lowest BCUT2D eigenvalue weighted by Crippen LogP contribution is -2.14. The fourth-order valence-electron chi connectivity index (χ4n) is 2.33. The van der Waals surface area contributed by atoms with Gasteiger partial charge in [-0.1, -0.05) is 31.2 Å². The van der Waals surface area contributed by atoms with Gasteiger partial charge >= 0.3 is 5.97 Å². The number of amides is 1. The molecule has 0 radical (unpaired) electrons. The lowest BCUT2D eigenvalue weighted by atomic mass is 10.1. The fraction of sp³-hybridized carbons (Fsp3) is 0.300. The number of hydrogen-bond acceptors (Lipinski definition) is 3. The summed E-state index contributed by atoms with van der Waals surface area (Å²) >= 11 is 0. The molecule has 0 fully saturated rings. The number of carbonyl (C=O) groups is 2. The number of carbonyl (C=O) groups excluding carboxylic acids is 1. The van der Waals surface area contributed by atoms with Gasteiger partial charge in [0.05, 0.1) is 13.0 Å². The molecule has 0 unspecified atom stereocenters. The van der Waals surface area contributed by atoms with E-state index in [1.54, 1.807) is 24.3 Å². The van der Waals surface area contributed by atoms with Gasteiger partial charge in [0.15, 0.2) is 0 Å². The Bertz CT molecular complexity index is 693. The van der Waals surface area contributed by atoms with Crippen LogP contribution in [0.5, 0.6) is 5.75 Å². The summed E-state index contributed by atoms with van der Waals surface area (Å²) in [7, 11) is 0. The Kier molecular flexibility index (Phi) is 7.01. The van der Waals surface area contributed by atoms with Crippen molar-refractivity contribution < 1.29 is 19.4 Å². The molecule has 0 heterocycles. The lowest BCUT2D eigenvalue weighted by molar-refractivity contribution is -0.137. The topological polar surface area (TPSA) is 75.6 Å². The smallest absolute Gasteiger partial charge is 0.303 e. The molecule has 0 aliphatic rings.